The molecule has 0 heterocycles. The molecule has 3 nitrogen and oxygen atoms in total. The molecule has 0 N–H and O–H groups in total. The zero-order chi connectivity index (χ0) is 8.32. The number of carbonyl (C=O) groups is 1. The smallest absolute Gasteiger partial charge is 0.322 e. The summed E-state index contributed by atoms with van der Waals surface area (Å²) in [5, 5.41) is 8.01. The molecule has 0 aromatic heterocycles. The van der Waals surface area contributed by atoms with Gasteiger partial charge in [0.2, 0.25) is 0 Å². The Labute approximate surface area is 70.7 Å². The molecule has 1 fully saturated rings. The summed E-state index contributed by atoms with van der Waals surface area (Å²) < 4.78 is 4.15. The molecular formula is C7H9NO2S. The maximum Gasteiger partial charge on any atom is 0.322 e. The first kappa shape index (κ1) is 8.41. The second-order valence-electron chi connectivity index (χ2n) is 2.90. The van der Waals surface area contributed by atoms with Crippen molar-refractivity contribution in [3.05, 3.63) is 0 Å². The molecule has 1 saturated carbocycles. The minimum atomic E-state index is -0.431. The summed E-state index contributed by atoms with van der Waals surface area (Å²) in [4.78, 5) is 10.8. The molecule has 0 amide bonds. The number of ether oxygens (including phenoxy) is 1. The molecule has 0 bridgehead atoms. The van der Waals surface area contributed by atoms with Gasteiger partial charge in [0, 0.05) is 0 Å². The zero-order valence-electron chi connectivity index (χ0n) is 6.04. The molecule has 0 aromatic rings. The lowest BCUT2D eigenvalue weighted by molar-refractivity contribution is -0.138. The molecule has 1 aliphatic carbocycles. The van der Waals surface area contributed by atoms with Crippen LogP contribution in [0, 0.1) is 16.9 Å². The molecule has 0 aromatic carbocycles. The normalized spacial score (nSPS) is 18.5. The fourth-order valence-corrected chi connectivity index (χ4v) is 1.39. The lowest BCUT2D eigenvalue weighted by atomic mass is 10.1. The van der Waals surface area contributed by atoms with Crippen molar-refractivity contribution in [3.8, 4) is 6.26 Å². The Bertz CT molecular complexity index is 205. The molecule has 0 radical (unpaired) electrons. The fraction of sp³-hybridized carbons (Fsp3) is 0.714. The van der Waals surface area contributed by atoms with E-state index < -0.39 is 5.97 Å². The van der Waals surface area contributed by atoms with Gasteiger partial charge in [-0.2, -0.15) is 12.6 Å². The molecule has 1 rings (SSSR count). The highest BCUT2D eigenvalue weighted by Gasteiger charge is 2.43. The monoisotopic (exact) mass is 171 g/mol. The summed E-state index contributed by atoms with van der Waals surface area (Å²) >= 11 is 4.12. The van der Waals surface area contributed by atoms with E-state index in [0.29, 0.717) is 12.2 Å². The van der Waals surface area contributed by atoms with Gasteiger partial charge in [0.25, 0.3) is 6.26 Å². The van der Waals surface area contributed by atoms with Gasteiger partial charge in [0.05, 0.1) is 6.42 Å². The van der Waals surface area contributed by atoms with Crippen molar-refractivity contribution in [3.63, 3.8) is 0 Å². The first-order chi connectivity index (χ1) is 5.22. The van der Waals surface area contributed by atoms with Gasteiger partial charge in [-0.15, -0.1) is 5.26 Å². The Kier molecular flexibility index (Phi) is 2.40. The average Bonchev–Trinajstić information content (AvgIpc) is 2.70. The lowest BCUT2D eigenvalue weighted by Crippen LogP contribution is -2.11. The average molecular weight is 171 g/mol. The van der Waals surface area contributed by atoms with Crippen molar-refractivity contribution in [2.75, 3.05) is 5.75 Å². The summed E-state index contributed by atoms with van der Waals surface area (Å²) in [7, 11) is 0. The zero-order valence-corrected chi connectivity index (χ0v) is 6.93. The second-order valence-corrected chi connectivity index (χ2v) is 3.22. The van der Waals surface area contributed by atoms with E-state index in [9.17, 15) is 4.79 Å². The van der Waals surface area contributed by atoms with E-state index in [0.717, 1.165) is 12.8 Å². The predicted octanol–water partition coefficient (Wildman–Crippen LogP) is 1.11. The minimum absolute atomic E-state index is 0.0526. The van der Waals surface area contributed by atoms with Gasteiger partial charge in [-0.3, -0.25) is 4.79 Å². The number of nitriles is 1. The van der Waals surface area contributed by atoms with Crippen LogP contribution in [0.25, 0.3) is 0 Å². The van der Waals surface area contributed by atoms with E-state index in [-0.39, 0.29) is 5.41 Å². The van der Waals surface area contributed by atoms with Gasteiger partial charge in [0.1, 0.15) is 0 Å². The van der Waals surface area contributed by atoms with E-state index in [2.05, 4.69) is 17.4 Å². The summed E-state index contributed by atoms with van der Waals surface area (Å²) in [6, 6.07) is 0. The number of rotatable bonds is 3. The van der Waals surface area contributed by atoms with Crippen LogP contribution in [-0.4, -0.2) is 11.7 Å². The van der Waals surface area contributed by atoms with Crippen molar-refractivity contribution in [2.45, 2.75) is 19.3 Å². The highest BCUT2D eigenvalue weighted by atomic mass is 32.1. The predicted molar refractivity (Wildman–Crippen MR) is 41.8 cm³/mol. The summed E-state index contributed by atoms with van der Waals surface area (Å²) in [6.45, 7) is 0. The van der Waals surface area contributed by atoms with Crippen molar-refractivity contribution < 1.29 is 9.53 Å². The van der Waals surface area contributed by atoms with E-state index in [4.69, 9.17) is 5.26 Å². The van der Waals surface area contributed by atoms with Crippen LogP contribution in [0.15, 0.2) is 0 Å². The quantitative estimate of drug-likeness (QED) is 0.393. The van der Waals surface area contributed by atoms with E-state index in [1.165, 1.54) is 6.26 Å². The molecule has 0 aliphatic heterocycles. The third-order valence-corrected chi connectivity index (χ3v) is 2.64. The minimum Gasteiger partial charge on any atom is -0.351 e. The van der Waals surface area contributed by atoms with E-state index in [1.807, 2.05) is 0 Å². The molecule has 0 unspecified atom stereocenters. The Morgan fingerprint density at radius 1 is 1.73 bits per heavy atom. The third kappa shape index (κ3) is 2.12. The van der Waals surface area contributed by atoms with Gasteiger partial charge < -0.3 is 4.74 Å². The van der Waals surface area contributed by atoms with Crippen LogP contribution >= 0.6 is 12.6 Å². The fourth-order valence-electron chi connectivity index (χ4n) is 0.961. The maximum absolute atomic E-state index is 10.8. The van der Waals surface area contributed by atoms with Crippen LogP contribution < -0.4 is 0 Å². The molecule has 11 heavy (non-hydrogen) atoms. The lowest BCUT2D eigenvalue weighted by Gasteiger charge is -2.06. The number of hydrogen-bond donors (Lipinski definition) is 1. The number of esters is 1. The van der Waals surface area contributed by atoms with Gasteiger partial charge in [-0.25, -0.2) is 0 Å². The first-order valence-corrected chi connectivity index (χ1v) is 4.05. The first-order valence-electron chi connectivity index (χ1n) is 3.42. The van der Waals surface area contributed by atoms with Crippen LogP contribution in [0.3, 0.4) is 0 Å². The molecule has 1 aliphatic rings. The van der Waals surface area contributed by atoms with E-state index >= 15 is 0 Å². The maximum atomic E-state index is 10.8. The van der Waals surface area contributed by atoms with Gasteiger partial charge in [0.15, 0.2) is 0 Å². The Morgan fingerprint density at radius 3 is 2.73 bits per heavy atom. The molecule has 0 spiro atoms. The van der Waals surface area contributed by atoms with Crippen LogP contribution in [0.5, 0.6) is 0 Å². The number of thiol groups is 1. The largest absolute Gasteiger partial charge is 0.351 e. The SMILES string of the molecule is N#COC(=O)CC1(CS)CC1. The van der Waals surface area contributed by atoms with Crippen LogP contribution in [-0.2, 0) is 9.53 Å². The van der Waals surface area contributed by atoms with Crippen LogP contribution in [0.2, 0.25) is 0 Å². The van der Waals surface area contributed by atoms with E-state index in [1.54, 1.807) is 0 Å². The van der Waals surface area contributed by atoms with Crippen LogP contribution in [0.1, 0.15) is 19.3 Å². The third-order valence-electron chi connectivity index (χ3n) is 1.97. The van der Waals surface area contributed by atoms with Crippen LogP contribution in [0.4, 0.5) is 0 Å². The van der Waals surface area contributed by atoms with Crippen molar-refractivity contribution >= 4 is 18.6 Å². The highest BCUT2D eigenvalue weighted by Crippen LogP contribution is 2.49. The number of nitrogens with zero attached hydrogens (tertiary/aromatic N) is 1. The summed E-state index contributed by atoms with van der Waals surface area (Å²) in [6.07, 6.45) is 3.75. The van der Waals surface area contributed by atoms with Crippen molar-refractivity contribution in [1.29, 1.82) is 5.26 Å². The van der Waals surface area contributed by atoms with Gasteiger partial charge in [-0.1, -0.05) is 0 Å². The molecular weight excluding hydrogens is 162 g/mol. The van der Waals surface area contributed by atoms with Crippen molar-refractivity contribution in [2.24, 2.45) is 5.41 Å². The van der Waals surface area contributed by atoms with Gasteiger partial charge in [-0.05, 0) is 24.0 Å². The molecule has 4 heteroatoms. The van der Waals surface area contributed by atoms with Gasteiger partial charge >= 0.3 is 5.97 Å². The van der Waals surface area contributed by atoms with Crippen molar-refractivity contribution in [1.82, 2.24) is 0 Å². The molecule has 0 atom stereocenters. The summed E-state index contributed by atoms with van der Waals surface area (Å²) in [5.41, 5.74) is 0.0526. The Morgan fingerprint density at radius 2 is 2.36 bits per heavy atom. The molecule has 0 saturated heterocycles. The second kappa shape index (κ2) is 3.14. The summed E-state index contributed by atoms with van der Waals surface area (Å²) in [5.74, 6) is 0.270. The number of hydrogen-bond acceptors (Lipinski definition) is 4. The number of carbonyl (C=O) groups excluding carboxylic acids is 1. The topological polar surface area (TPSA) is 50.1 Å². The Balaban J connectivity index is 2.31. The standard InChI is InChI=1S/C7H9NO2S/c8-5-10-6(9)3-7(4-11)1-2-7/h11H,1-4H2. The highest BCUT2D eigenvalue weighted by molar-refractivity contribution is 7.80. The molecule has 60 valence electrons. The Hall–Kier alpha value is -0.690.